The molecule has 0 aromatic heterocycles. The van der Waals surface area contributed by atoms with Crippen molar-refractivity contribution < 1.29 is 22.6 Å². The fourth-order valence-corrected chi connectivity index (χ4v) is 2.12. The van der Waals surface area contributed by atoms with Gasteiger partial charge in [-0.05, 0) is 20.8 Å². The molecule has 0 saturated heterocycles. The van der Waals surface area contributed by atoms with Crippen molar-refractivity contribution in [2.75, 3.05) is 13.2 Å². The molecule has 1 atom stereocenters. The molecule has 0 bridgehead atoms. The Morgan fingerprint density at radius 3 is 1.79 bits per heavy atom. The van der Waals surface area contributed by atoms with Crippen LogP contribution in [0.2, 0.25) is 0 Å². The highest BCUT2D eigenvalue weighted by molar-refractivity contribution is 6.14. The van der Waals surface area contributed by atoms with Crippen LogP contribution >= 0.6 is 0 Å². The van der Waals surface area contributed by atoms with E-state index in [-0.39, 0.29) is 23.5 Å². The van der Waals surface area contributed by atoms with Gasteiger partial charge in [0.05, 0.1) is 10.2 Å². The first-order valence-corrected chi connectivity index (χ1v) is 5.61. The van der Waals surface area contributed by atoms with Crippen molar-refractivity contribution in [1.82, 2.24) is 0 Å². The van der Waals surface area contributed by atoms with Gasteiger partial charge >= 0.3 is 5.92 Å². The first-order chi connectivity index (χ1) is 6.31. The third kappa shape index (κ3) is 2.71. The fraction of sp³-hybridized carbons (Fsp3) is 1.00. The first kappa shape index (κ1) is 13.9. The average molecular weight is 230 g/mol. The molecule has 0 saturated carbocycles. The fourth-order valence-electron chi connectivity index (χ4n) is 1.15. The van der Waals surface area contributed by atoms with Crippen molar-refractivity contribution in [3.8, 4) is 0 Å². The van der Waals surface area contributed by atoms with Gasteiger partial charge in [0.25, 0.3) is 0 Å². The van der Waals surface area contributed by atoms with Crippen LogP contribution in [0.5, 0.6) is 0 Å². The minimum atomic E-state index is -3.59. The van der Waals surface area contributed by atoms with Gasteiger partial charge in [0.15, 0.2) is 6.17 Å². The van der Waals surface area contributed by atoms with E-state index < -0.39 is 17.5 Å². The molecule has 14 heavy (non-hydrogen) atoms. The molecular weight excluding hydrogens is 213 g/mol. The summed E-state index contributed by atoms with van der Waals surface area (Å²) >= 11 is 0. The SMILES string of the molecule is CCOC([SiH3])(OCC)C(F)(F)C(C)F. The Labute approximate surface area is 85.2 Å². The smallest absolute Gasteiger partial charge is 0.325 e. The van der Waals surface area contributed by atoms with Gasteiger partial charge in [-0.3, -0.25) is 0 Å². The molecule has 0 amide bonds. The molecule has 0 radical (unpaired) electrons. The molecular formula is C8H17F3O2Si. The highest BCUT2D eigenvalue weighted by Crippen LogP contribution is 2.35. The maximum absolute atomic E-state index is 13.4. The minimum absolute atomic E-state index is 0.0752. The molecule has 2 nitrogen and oxygen atoms in total. The molecule has 0 rings (SSSR count). The second kappa shape index (κ2) is 5.13. The quantitative estimate of drug-likeness (QED) is 0.502. The first-order valence-electron chi connectivity index (χ1n) is 4.61. The third-order valence-corrected chi connectivity index (χ3v) is 3.19. The summed E-state index contributed by atoms with van der Waals surface area (Å²) in [4.78, 5) is 0. The molecule has 0 aromatic rings. The second-order valence-electron chi connectivity index (χ2n) is 3.05. The number of ether oxygens (including phenoxy) is 2. The highest BCUT2D eigenvalue weighted by atomic mass is 28.1. The lowest BCUT2D eigenvalue weighted by Gasteiger charge is -2.37. The van der Waals surface area contributed by atoms with Crippen LogP contribution in [-0.2, 0) is 9.47 Å². The third-order valence-electron chi connectivity index (χ3n) is 1.94. The van der Waals surface area contributed by atoms with Crippen LogP contribution in [0.25, 0.3) is 0 Å². The zero-order valence-electron chi connectivity index (χ0n) is 8.94. The lowest BCUT2D eigenvalue weighted by atomic mass is 10.2. The normalized spacial score (nSPS) is 15.9. The number of halogens is 3. The summed E-state index contributed by atoms with van der Waals surface area (Å²) in [5.74, 6) is -3.59. The molecule has 0 aliphatic heterocycles. The predicted molar refractivity (Wildman–Crippen MR) is 51.4 cm³/mol. The van der Waals surface area contributed by atoms with Crippen LogP contribution in [0.15, 0.2) is 0 Å². The van der Waals surface area contributed by atoms with Gasteiger partial charge in [-0.2, -0.15) is 8.78 Å². The van der Waals surface area contributed by atoms with Crippen LogP contribution in [0.1, 0.15) is 20.8 Å². The Balaban J connectivity index is 4.78. The summed E-state index contributed by atoms with van der Waals surface area (Å²) in [6.45, 7) is 4.11. The van der Waals surface area contributed by atoms with Gasteiger partial charge in [0, 0.05) is 13.2 Å². The summed E-state index contributed by atoms with van der Waals surface area (Å²) in [5, 5.41) is 0. The van der Waals surface area contributed by atoms with E-state index in [0.29, 0.717) is 0 Å². The highest BCUT2D eigenvalue weighted by Gasteiger charge is 2.56. The summed E-state index contributed by atoms with van der Waals surface area (Å²) < 4.78 is 49.2. The van der Waals surface area contributed by atoms with E-state index in [2.05, 4.69) is 0 Å². The van der Waals surface area contributed by atoms with E-state index >= 15 is 0 Å². The van der Waals surface area contributed by atoms with Gasteiger partial charge in [0.1, 0.15) is 0 Å². The van der Waals surface area contributed by atoms with Crippen molar-refractivity contribution >= 4 is 10.2 Å². The van der Waals surface area contributed by atoms with Crippen LogP contribution in [0, 0.1) is 0 Å². The predicted octanol–water partition coefficient (Wildman–Crippen LogP) is 1.07. The topological polar surface area (TPSA) is 18.5 Å². The maximum atomic E-state index is 13.4. The zero-order valence-corrected chi connectivity index (χ0v) is 10.9. The Morgan fingerprint density at radius 1 is 1.21 bits per heavy atom. The number of rotatable bonds is 6. The molecule has 0 heterocycles. The van der Waals surface area contributed by atoms with Crippen molar-refractivity contribution in [2.24, 2.45) is 0 Å². The zero-order chi connectivity index (χ0) is 11.4. The van der Waals surface area contributed by atoms with Crippen molar-refractivity contribution in [3.05, 3.63) is 0 Å². The molecule has 0 N–H and O–H groups in total. The van der Waals surface area contributed by atoms with E-state index in [0.717, 1.165) is 6.92 Å². The maximum Gasteiger partial charge on any atom is 0.325 e. The monoisotopic (exact) mass is 230 g/mol. The summed E-state index contributed by atoms with van der Waals surface area (Å²) in [6.07, 6.45) is -2.28. The largest absolute Gasteiger partial charge is 0.349 e. The molecule has 0 aliphatic carbocycles. The Hall–Kier alpha value is -0.0731. The van der Waals surface area contributed by atoms with Gasteiger partial charge in [-0.1, -0.05) is 0 Å². The van der Waals surface area contributed by atoms with Crippen LogP contribution in [0.4, 0.5) is 13.2 Å². The summed E-state index contributed by atoms with van der Waals surface area (Å²) in [6, 6.07) is 0. The Kier molecular flexibility index (Phi) is 5.11. The van der Waals surface area contributed by atoms with E-state index in [1.54, 1.807) is 13.8 Å². The van der Waals surface area contributed by atoms with E-state index in [4.69, 9.17) is 9.47 Å². The summed E-state index contributed by atoms with van der Waals surface area (Å²) in [5.41, 5.74) is -2.05. The molecule has 6 heteroatoms. The lowest BCUT2D eigenvalue weighted by molar-refractivity contribution is -0.302. The summed E-state index contributed by atoms with van der Waals surface area (Å²) in [7, 11) is -0.0905. The van der Waals surface area contributed by atoms with Crippen molar-refractivity contribution in [3.63, 3.8) is 0 Å². The molecule has 86 valence electrons. The van der Waals surface area contributed by atoms with Gasteiger partial charge in [-0.25, -0.2) is 4.39 Å². The lowest BCUT2D eigenvalue weighted by Crippen LogP contribution is -2.57. The number of hydrogen-bond donors (Lipinski definition) is 0. The Bertz CT molecular complexity index is 170. The molecule has 0 aliphatic rings. The molecule has 0 fully saturated rings. The van der Waals surface area contributed by atoms with Gasteiger partial charge in [-0.15, -0.1) is 0 Å². The number of alkyl halides is 3. The second-order valence-corrected chi connectivity index (χ2v) is 4.37. The Morgan fingerprint density at radius 2 is 1.57 bits per heavy atom. The van der Waals surface area contributed by atoms with E-state index in [1.165, 1.54) is 0 Å². The molecule has 1 unspecified atom stereocenters. The van der Waals surface area contributed by atoms with Crippen molar-refractivity contribution in [1.29, 1.82) is 0 Å². The van der Waals surface area contributed by atoms with Crippen LogP contribution in [-0.4, -0.2) is 41.0 Å². The minimum Gasteiger partial charge on any atom is -0.349 e. The molecule has 0 aromatic carbocycles. The van der Waals surface area contributed by atoms with Crippen LogP contribution < -0.4 is 0 Å². The average Bonchev–Trinajstić information content (AvgIpc) is 2.04. The standard InChI is InChI=1S/C8H17F3O2Si/c1-4-12-8(14,13-5-2)7(10,11)6(3)9/h6H,4-5H2,1-3,14H3. The molecule has 0 spiro atoms. The van der Waals surface area contributed by atoms with E-state index in [1.807, 2.05) is 0 Å². The van der Waals surface area contributed by atoms with Gasteiger partial charge < -0.3 is 9.47 Å². The van der Waals surface area contributed by atoms with Crippen LogP contribution in [0.3, 0.4) is 0 Å². The van der Waals surface area contributed by atoms with Gasteiger partial charge in [0.2, 0.25) is 5.41 Å². The van der Waals surface area contributed by atoms with Crippen molar-refractivity contribution in [2.45, 2.75) is 38.3 Å². The number of hydrogen-bond acceptors (Lipinski definition) is 2. The van der Waals surface area contributed by atoms with E-state index in [9.17, 15) is 13.2 Å².